The molecule has 0 aliphatic rings. The molecule has 0 saturated carbocycles. The van der Waals surface area contributed by atoms with Crippen LogP contribution in [0.2, 0.25) is 0 Å². The molecule has 0 bridgehead atoms. The fraction of sp³-hybridized carbons (Fsp3) is 0.125. The quantitative estimate of drug-likeness (QED) is 0.655. The van der Waals surface area contributed by atoms with Crippen molar-refractivity contribution in [1.29, 1.82) is 0 Å². The van der Waals surface area contributed by atoms with Crippen LogP contribution in [0, 0.1) is 5.82 Å². The molecule has 0 aliphatic carbocycles. The lowest BCUT2D eigenvalue weighted by Crippen LogP contribution is -1.92. The maximum absolute atomic E-state index is 12.6. The third kappa shape index (κ3) is 1.55. The van der Waals surface area contributed by atoms with Crippen LogP contribution < -0.4 is 5.32 Å². The van der Waals surface area contributed by atoms with Crippen LogP contribution >= 0.6 is 0 Å². The summed E-state index contributed by atoms with van der Waals surface area (Å²) in [5.74, 6) is -0.487. The van der Waals surface area contributed by atoms with Crippen molar-refractivity contribution in [2.75, 3.05) is 12.4 Å². The fourth-order valence-corrected chi connectivity index (χ4v) is 0.790. The van der Waals surface area contributed by atoms with Gasteiger partial charge in [0.2, 0.25) is 0 Å². The molecule has 0 heterocycles. The van der Waals surface area contributed by atoms with Crippen molar-refractivity contribution in [3.63, 3.8) is 0 Å². The SMILES string of the molecule is CNc1ccc(F)c(C=O)c1. The van der Waals surface area contributed by atoms with E-state index in [1.54, 1.807) is 13.1 Å². The van der Waals surface area contributed by atoms with Gasteiger partial charge in [-0.05, 0) is 18.2 Å². The van der Waals surface area contributed by atoms with Crippen molar-refractivity contribution in [3.8, 4) is 0 Å². The number of hydrogen-bond acceptors (Lipinski definition) is 2. The molecule has 0 aliphatic heterocycles. The average Bonchev–Trinajstić information content (AvgIpc) is 2.05. The van der Waals surface area contributed by atoms with Crippen LogP contribution in [0.15, 0.2) is 18.2 Å². The van der Waals surface area contributed by atoms with E-state index in [9.17, 15) is 9.18 Å². The molecule has 2 nitrogen and oxygen atoms in total. The van der Waals surface area contributed by atoms with Crippen molar-refractivity contribution < 1.29 is 9.18 Å². The highest BCUT2D eigenvalue weighted by Crippen LogP contribution is 2.11. The zero-order chi connectivity index (χ0) is 8.27. The van der Waals surface area contributed by atoms with Crippen LogP contribution in [-0.2, 0) is 0 Å². The molecule has 1 aromatic carbocycles. The van der Waals surface area contributed by atoms with E-state index in [1.807, 2.05) is 0 Å². The summed E-state index contributed by atoms with van der Waals surface area (Å²) in [4.78, 5) is 10.2. The van der Waals surface area contributed by atoms with Gasteiger partial charge in [0.05, 0.1) is 5.56 Å². The summed E-state index contributed by atoms with van der Waals surface area (Å²) in [5.41, 5.74) is 0.811. The molecule has 0 fully saturated rings. The summed E-state index contributed by atoms with van der Waals surface area (Å²) >= 11 is 0. The van der Waals surface area contributed by atoms with E-state index in [-0.39, 0.29) is 5.56 Å². The van der Waals surface area contributed by atoms with E-state index in [1.165, 1.54) is 12.1 Å². The molecule has 0 atom stereocenters. The molecule has 3 heteroatoms. The summed E-state index contributed by atoms with van der Waals surface area (Å²) in [7, 11) is 1.71. The third-order valence-corrected chi connectivity index (χ3v) is 1.41. The van der Waals surface area contributed by atoms with E-state index in [0.29, 0.717) is 6.29 Å². The topological polar surface area (TPSA) is 29.1 Å². The van der Waals surface area contributed by atoms with Crippen molar-refractivity contribution in [2.24, 2.45) is 0 Å². The molecule has 1 aromatic rings. The molecular formula is C8H8FNO. The van der Waals surface area contributed by atoms with Gasteiger partial charge in [-0.15, -0.1) is 0 Å². The maximum atomic E-state index is 12.6. The lowest BCUT2D eigenvalue weighted by Gasteiger charge is -1.99. The molecule has 58 valence electrons. The van der Waals surface area contributed by atoms with Crippen molar-refractivity contribution in [2.45, 2.75) is 0 Å². The Morgan fingerprint density at radius 1 is 1.55 bits per heavy atom. The van der Waals surface area contributed by atoms with Gasteiger partial charge < -0.3 is 5.32 Å². The number of aldehydes is 1. The average molecular weight is 153 g/mol. The van der Waals surface area contributed by atoms with Gasteiger partial charge in [-0.2, -0.15) is 0 Å². The highest BCUT2D eigenvalue weighted by Gasteiger charge is 1.99. The van der Waals surface area contributed by atoms with Gasteiger partial charge >= 0.3 is 0 Å². The van der Waals surface area contributed by atoms with E-state index in [4.69, 9.17) is 0 Å². The number of nitrogens with one attached hydrogen (secondary N) is 1. The van der Waals surface area contributed by atoms with Crippen LogP contribution in [0.25, 0.3) is 0 Å². The number of hydrogen-bond donors (Lipinski definition) is 1. The van der Waals surface area contributed by atoms with Gasteiger partial charge in [-0.25, -0.2) is 4.39 Å². The Labute approximate surface area is 64.0 Å². The summed E-state index contributed by atoms with van der Waals surface area (Å²) in [6, 6.07) is 4.29. The second kappa shape index (κ2) is 3.14. The zero-order valence-corrected chi connectivity index (χ0v) is 6.10. The normalized spacial score (nSPS) is 9.27. The number of rotatable bonds is 2. The molecule has 0 unspecified atom stereocenters. The molecule has 1 rings (SSSR count). The Balaban J connectivity index is 3.12. The molecule has 0 amide bonds. The van der Waals surface area contributed by atoms with Gasteiger partial charge in [-0.3, -0.25) is 4.79 Å². The first-order valence-corrected chi connectivity index (χ1v) is 3.20. The predicted octanol–water partition coefficient (Wildman–Crippen LogP) is 1.68. The first kappa shape index (κ1) is 7.72. The summed E-state index contributed by atoms with van der Waals surface area (Å²) < 4.78 is 12.6. The van der Waals surface area contributed by atoms with Gasteiger partial charge in [0, 0.05) is 12.7 Å². The highest BCUT2D eigenvalue weighted by atomic mass is 19.1. The Hall–Kier alpha value is -1.38. The Kier molecular flexibility index (Phi) is 2.21. The minimum absolute atomic E-state index is 0.0804. The van der Waals surface area contributed by atoms with Crippen LogP contribution in [0.5, 0.6) is 0 Å². The monoisotopic (exact) mass is 153 g/mol. The van der Waals surface area contributed by atoms with E-state index in [0.717, 1.165) is 5.69 Å². The number of benzene rings is 1. The molecule has 11 heavy (non-hydrogen) atoms. The fourth-order valence-electron chi connectivity index (χ4n) is 0.790. The van der Waals surface area contributed by atoms with Gasteiger partial charge in [0.1, 0.15) is 5.82 Å². The minimum atomic E-state index is -0.487. The van der Waals surface area contributed by atoms with Gasteiger partial charge in [-0.1, -0.05) is 0 Å². The summed E-state index contributed by atoms with van der Waals surface area (Å²) in [6.45, 7) is 0. The van der Waals surface area contributed by atoms with Crippen molar-refractivity contribution >= 4 is 12.0 Å². The first-order chi connectivity index (χ1) is 5.27. The molecule has 0 saturated heterocycles. The second-order valence-electron chi connectivity index (χ2n) is 2.10. The maximum Gasteiger partial charge on any atom is 0.153 e. The van der Waals surface area contributed by atoms with Crippen LogP contribution in [0.3, 0.4) is 0 Å². The molecule has 0 spiro atoms. The van der Waals surface area contributed by atoms with Gasteiger partial charge in [0.25, 0.3) is 0 Å². The zero-order valence-electron chi connectivity index (χ0n) is 6.10. The van der Waals surface area contributed by atoms with Crippen LogP contribution in [0.1, 0.15) is 10.4 Å². The summed E-state index contributed by atoms with van der Waals surface area (Å²) in [5, 5.41) is 2.80. The Morgan fingerprint density at radius 2 is 2.27 bits per heavy atom. The summed E-state index contributed by atoms with van der Waals surface area (Å²) in [6.07, 6.45) is 0.496. The van der Waals surface area contributed by atoms with E-state index < -0.39 is 5.82 Å². The molecule has 0 radical (unpaired) electrons. The number of anilines is 1. The number of carbonyl (C=O) groups excluding carboxylic acids is 1. The predicted molar refractivity (Wildman–Crippen MR) is 41.3 cm³/mol. The smallest absolute Gasteiger partial charge is 0.153 e. The standard InChI is InChI=1S/C8H8FNO/c1-10-7-2-3-8(9)6(4-7)5-11/h2-5,10H,1H3. The first-order valence-electron chi connectivity index (χ1n) is 3.20. The second-order valence-corrected chi connectivity index (χ2v) is 2.10. The molecule has 1 N–H and O–H groups in total. The van der Waals surface area contributed by atoms with Gasteiger partial charge in [0.15, 0.2) is 6.29 Å². The van der Waals surface area contributed by atoms with Crippen LogP contribution in [0.4, 0.5) is 10.1 Å². The molecule has 0 aromatic heterocycles. The van der Waals surface area contributed by atoms with E-state index in [2.05, 4.69) is 5.32 Å². The molecular weight excluding hydrogens is 145 g/mol. The Morgan fingerprint density at radius 3 is 2.82 bits per heavy atom. The lowest BCUT2D eigenvalue weighted by molar-refractivity contribution is 0.112. The highest BCUT2D eigenvalue weighted by molar-refractivity contribution is 5.77. The Bertz CT molecular complexity index is 273. The number of halogens is 1. The lowest BCUT2D eigenvalue weighted by atomic mass is 10.2. The largest absolute Gasteiger partial charge is 0.388 e. The van der Waals surface area contributed by atoms with Crippen molar-refractivity contribution in [1.82, 2.24) is 0 Å². The van der Waals surface area contributed by atoms with E-state index >= 15 is 0 Å². The number of carbonyl (C=O) groups is 1. The van der Waals surface area contributed by atoms with Crippen molar-refractivity contribution in [3.05, 3.63) is 29.6 Å². The van der Waals surface area contributed by atoms with Crippen LogP contribution in [-0.4, -0.2) is 13.3 Å². The minimum Gasteiger partial charge on any atom is -0.388 e. The third-order valence-electron chi connectivity index (χ3n) is 1.41.